The Hall–Kier alpha value is -0.980. The summed E-state index contributed by atoms with van der Waals surface area (Å²) >= 11 is 7.48. The Morgan fingerprint density at radius 2 is 2.10 bits per heavy atom. The van der Waals surface area contributed by atoms with Crippen LogP contribution < -0.4 is 4.74 Å². The number of fused-ring (bicyclic) bond motifs is 1. The molecule has 20 heavy (non-hydrogen) atoms. The number of thioether (sulfide) groups is 1. The summed E-state index contributed by atoms with van der Waals surface area (Å²) in [6.45, 7) is 4.35. The van der Waals surface area contributed by atoms with Crippen LogP contribution in [0.25, 0.3) is 11.0 Å². The normalized spacial score (nSPS) is 16.6. The summed E-state index contributed by atoms with van der Waals surface area (Å²) in [4.78, 5) is 5.78. The van der Waals surface area contributed by atoms with Gasteiger partial charge in [0.1, 0.15) is 5.75 Å². The van der Waals surface area contributed by atoms with Crippen LogP contribution in [-0.4, -0.2) is 52.7 Å². The molecule has 0 bridgehead atoms. The number of nitrogens with one attached hydrogen (secondary N) is 1. The second-order valence-corrected chi connectivity index (χ2v) is 6.53. The van der Waals surface area contributed by atoms with Gasteiger partial charge in [0.05, 0.1) is 18.1 Å². The molecule has 4 nitrogen and oxygen atoms in total. The fraction of sp³-hybridized carbons (Fsp3) is 0.500. The van der Waals surface area contributed by atoms with Gasteiger partial charge in [-0.15, -0.1) is 0 Å². The highest BCUT2D eigenvalue weighted by molar-refractivity contribution is 7.99. The summed E-state index contributed by atoms with van der Waals surface area (Å²) in [6, 6.07) is 6.03. The first-order valence-electron chi connectivity index (χ1n) is 6.84. The van der Waals surface area contributed by atoms with Crippen molar-refractivity contribution in [3.05, 3.63) is 23.0 Å². The van der Waals surface area contributed by atoms with Gasteiger partial charge in [-0.05, 0) is 24.4 Å². The monoisotopic (exact) mass is 309 g/mol. The lowest BCUT2D eigenvalue weighted by atomic mass is 10.3. The Balaban J connectivity index is 1.82. The predicted octanol–water partition coefficient (Wildman–Crippen LogP) is 2.76. The minimum Gasteiger partial charge on any atom is -0.497 e. The van der Waals surface area contributed by atoms with E-state index in [1.54, 1.807) is 7.11 Å². The van der Waals surface area contributed by atoms with E-state index in [1.165, 1.54) is 24.6 Å². The standard InChI is InChI=1S/C14H19N3OS2/c1-18-11-2-3-12-13(10-11)17(14(19)15-12)5-4-16-6-8-20-9-7-16/h2-3,10H,4-9H2,1H3,(H,15,19). The van der Waals surface area contributed by atoms with Crippen LogP contribution in [-0.2, 0) is 6.54 Å². The molecule has 1 aliphatic heterocycles. The van der Waals surface area contributed by atoms with Gasteiger partial charge in [-0.2, -0.15) is 11.8 Å². The first-order valence-corrected chi connectivity index (χ1v) is 8.41. The number of nitrogens with zero attached hydrogens (tertiary/aromatic N) is 2. The van der Waals surface area contributed by atoms with Crippen molar-refractivity contribution in [3.8, 4) is 5.75 Å². The van der Waals surface area contributed by atoms with Crippen LogP contribution in [0.3, 0.4) is 0 Å². The molecular weight excluding hydrogens is 290 g/mol. The number of methoxy groups -OCH3 is 1. The van der Waals surface area contributed by atoms with E-state index < -0.39 is 0 Å². The first-order chi connectivity index (χ1) is 9.78. The highest BCUT2D eigenvalue weighted by Crippen LogP contribution is 2.21. The smallest absolute Gasteiger partial charge is 0.178 e. The van der Waals surface area contributed by atoms with Gasteiger partial charge in [-0.1, -0.05) is 0 Å². The number of benzene rings is 1. The second kappa shape index (κ2) is 6.20. The van der Waals surface area contributed by atoms with Gasteiger partial charge < -0.3 is 14.3 Å². The minimum atomic E-state index is 0.791. The van der Waals surface area contributed by atoms with Gasteiger partial charge >= 0.3 is 0 Å². The van der Waals surface area contributed by atoms with Crippen molar-refractivity contribution in [3.63, 3.8) is 0 Å². The molecule has 0 aliphatic carbocycles. The molecule has 1 fully saturated rings. The molecule has 0 spiro atoms. The summed E-state index contributed by atoms with van der Waals surface area (Å²) in [5.74, 6) is 3.36. The molecule has 1 aromatic heterocycles. The highest BCUT2D eigenvalue weighted by atomic mass is 32.2. The van der Waals surface area contributed by atoms with Crippen LogP contribution in [0.2, 0.25) is 0 Å². The van der Waals surface area contributed by atoms with E-state index in [9.17, 15) is 0 Å². The van der Waals surface area contributed by atoms with E-state index >= 15 is 0 Å². The third kappa shape index (κ3) is 2.87. The molecule has 0 unspecified atom stereocenters. The predicted molar refractivity (Wildman–Crippen MR) is 87.4 cm³/mol. The minimum absolute atomic E-state index is 0.791. The average Bonchev–Trinajstić information content (AvgIpc) is 2.80. The summed E-state index contributed by atoms with van der Waals surface area (Å²) in [5, 5.41) is 0. The average molecular weight is 309 g/mol. The van der Waals surface area contributed by atoms with E-state index in [-0.39, 0.29) is 0 Å². The zero-order valence-corrected chi connectivity index (χ0v) is 13.2. The SMILES string of the molecule is COc1ccc2[nH]c(=S)n(CCN3CCSCC3)c2c1. The third-order valence-corrected chi connectivity index (χ3v) is 4.99. The third-order valence-electron chi connectivity index (χ3n) is 3.73. The Morgan fingerprint density at radius 3 is 2.85 bits per heavy atom. The zero-order chi connectivity index (χ0) is 13.9. The number of ether oxygens (including phenoxy) is 1. The maximum atomic E-state index is 5.44. The first kappa shape index (κ1) is 14.0. The Bertz CT molecular complexity index is 643. The molecule has 0 atom stereocenters. The Morgan fingerprint density at radius 1 is 1.30 bits per heavy atom. The number of rotatable bonds is 4. The zero-order valence-electron chi connectivity index (χ0n) is 11.6. The van der Waals surface area contributed by atoms with Gasteiger partial charge in [0.25, 0.3) is 0 Å². The van der Waals surface area contributed by atoms with E-state index in [2.05, 4.69) is 14.5 Å². The molecule has 6 heteroatoms. The molecule has 0 radical (unpaired) electrons. The van der Waals surface area contributed by atoms with Crippen LogP contribution in [0.4, 0.5) is 0 Å². The largest absolute Gasteiger partial charge is 0.497 e. The second-order valence-electron chi connectivity index (χ2n) is 4.92. The van der Waals surface area contributed by atoms with Gasteiger partial charge in [-0.25, -0.2) is 0 Å². The van der Waals surface area contributed by atoms with E-state index in [0.717, 1.165) is 34.6 Å². The summed E-state index contributed by atoms with van der Waals surface area (Å²) in [5.41, 5.74) is 2.20. The molecule has 1 aromatic carbocycles. The number of aromatic amines is 1. The lowest BCUT2D eigenvalue weighted by Gasteiger charge is -2.26. The number of imidazole rings is 1. The molecular formula is C14H19N3OS2. The molecule has 1 saturated heterocycles. The maximum absolute atomic E-state index is 5.44. The fourth-order valence-electron chi connectivity index (χ4n) is 2.55. The van der Waals surface area contributed by atoms with Crippen LogP contribution in [0.5, 0.6) is 5.75 Å². The van der Waals surface area contributed by atoms with E-state index in [1.807, 2.05) is 30.0 Å². The van der Waals surface area contributed by atoms with Crippen LogP contribution >= 0.6 is 24.0 Å². The molecule has 3 rings (SSSR count). The maximum Gasteiger partial charge on any atom is 0.178 e. The van der Waals surface area contributed by atoms with Gasteiger partial charge in [0.15, 0.2) is 4.77 Å². The molecule has 2 aromatic rings. The van der Waals surface area contributed by atoms with Crippen molar-refractivity contribution in [2.45, 2.75) is 6.54 Å². The number of H-pyrrole nitrogens is 1. The molecule has 0 amide bonds. The molecule has 1 aliphatic rings. The van der Waals surface area contributed by atoms with Crippen molar-refractivity contribution in [2.24, 2.45) is 0 Å². The lowest BCUT2D eigenvalue weighted by molar-refractivity contribution is 0.290. The van der Waals surface area contributed by atoms with Crippen LogP contribution in [0.1, 0.15) is 0 Å². The Labute approximate surface area is 128 Å². The topological polar surface area (TPSA) is 33.2 Å². The van der Waals surface area contributed by atoms with Gasteiger partial charge in [0.2, 0.25) is 0 Å². The fourth-order valence-corrected chi connectivity index (χ4v) is 3.83. The number of hydrogen-bond donors (Lipinski definition) is 1. The van der Waals surface area contributed by atoms with Crippen molar-refractivity contribution in [1.82, 2.24) is 14.5 Å². The van der Waals surface area contributed by atoms with Crippen molar-refractivity contribution in [1.29, 1.82) is 0 Å². The van der Waals surface area contributed by atoms with E-state index in [0.29, 0.717) is 0 Å². The Kier molecular flexibility index (Phi) is 4.33. The van der Waals surface area contributed by atoms with Crippen molar-refractivity contribution < 1.29 is 4.74 Å². The van der Waals surface area contributed by atoms with E-state index in [4.69, 9.17) is 17.0 Å². The van der Waals surface area contributed by atoms with Crippen molar-refractivity contribution >= 4 is 35.0 Å². The summed E-state index contributed by atoms with van der Waals surface area (Å²) in [6.07, 6.45) is 0. The van der Waals surface area contributed by atoms with Crippen molar-refractivity contribution in [2.75, 3.05) is 38.2 Å². The molecule has 108 valence electrons. The molecule has 1 N–H and O–H groups in total. The van der Waals surface area contributed by atoms with Crippen LogP contribution in [0, 0.1) is 4.77 Å². The number of aromatic nitrogens is 2. The van der Waals surface area contributed by atoms with Crippen LogP contribution in [0.15, 0.2) is 18.2 Å². The van der Waals surface area contributed by atoms with Gasteiger partial charge in [-0.3, -0.25) is 4.90 Å². The van der Waals surface area contributed by atoms with Gasteiger partial charge in [0, 0.05) is 43.8 Å². The summed E-state index contributed by atoms with van der Waals surface area (Å²) < 4.78 is 8.27. The quantitative estimate of drug-likeness (QED) is 0.881. The summed E-state index contributed by atoms with van der Waals surface area (Å²) in [7, 11) is 1.69. The molecule has 2 heterocycles. The number of hydrogen-bond acceptors (Lipinski definition) is 4. The lowest BCUT2D eigenvalue weighted by Crippen LogP contribution is -2.35. The highest BCUT2D eigenvalue weighted by Gasteiger charge is 2.11. The molecule has 0 saturated carbocycles.